The van der Waals surface area contributed by atoms with Gasteiger partial charge in [0, 0.05) is 30.8 Å². The van der Waals surface area contributed by atoms with Gasteiger partial charge in [-0.15, -0.1) is 0 Å². The van der Waals surface area contributed by atoms with Crippen molar-refractivity contribution in [3.63, 3.8) is 0 Å². The molecule has 0 radical (unpaired) electrons. The summed E-state index contributed by atoms with van der Waals surface area (Å²) in [6, 6.07) is 6.90. The molecule has 0 N–H and O–H groups in total. The Morgan fingerprint density at radius 3 is 2.95 bits per heavy atom. The van der Waals surface area contributed by atoms with E-state index < -0.39 is 0 Å². The zero-order chi connectivity index (χ0) is 14.0. The number of halogens is 1. The van der Waals surface area contributed by atoms with E-state index >= 15 is 0 Å². The third-order valence-electron chi connectivity index (χ3n) is 2.80. The Morgan fingerprint density at radius 1 is 1.58 bits per heavy atom. The average Bonchev–Trinajstić information content (AvgIpc) is 2.70. The van der Waals surface area contributed by atoms with E-state index in [2.05, 4.69) is 0 Å². The van der Waals surface area contributed by atoms with Gasteiger partial charge in [0.1, 0.15) is 6.07 Å². The lowest BCUT2D eigenvalue weighted by molar-refractivity contribution is -0.117. The summed E-state index contributed by atoms with van der Waals surface area (Å²) < 4.78 is 0. The highest BCUT2D eigenvalue weighted by atomic mass is 35.5. The smallest absolute Gasteiger partial charge is 0.228 e. The topological polar surface area (TPSA) is 61.2 Å². The Kier molecular flexibility index (Phi) is 4.13. The SMILES string of the molecule is CC(=O)SC1CC(=O)N(c2ccc(Cl)c(C#N)c2)C1. The van der Waals surface area contributed by atoms with Crippen LogP contribution in [0.2, 0.25) is 5.02 Å². The van der Waals surface area contributed by atoms with Gasteiger partial charge in [0.15, 0.2) is 5.12 Å². The second-order valence-electron chi connectivity index (χ2n) is 4.22. The maximum Gasteiger partial charge on any atom is 0.228 e. The predicted molar refractivity (Wildman–Crippen MR) is 75.2 cm³/mol. The molecular formula is C13H11ClN2O2S. The quantitative estimate of drug-likeness (QED) is 0.841. The molecule has 98 valence electrons. The van der Waals surface area contributed by atoms with Crippen molar-refractivity contribution in [3.8, 4) is 6.07 Å². The zero-order valence-electron chi connectivity index (χ0n) is 10.2. The van der Waals surface area contributed by atoms with Crippen LogP contribution >= 0.6 is 23.4 Å². The third-order valence-corrected chi connectivity index (χ3v) is 4.11. The molecular weight excluding hydrogens is 284 g/mol. The Bertz CT molecular complexity index is 582. The van der Waals surface area contributed by atoms with Crippen LogP contribution in [0.25, 0.3) is 0 Å². The van der Waals surface area contributed by atoms with Gasteiger partial charge in [-0.2, -0.15) is 5.26 Å². The first-order chi connectivity index (χ1) is 9.01. The number of nitriles is 1. The molecule has 0 aliphatic carbocycles. The third kappa shape index (κ3) is 3.09. The van der Waals surface area contributed by atoms with E-state index in [1.54, 1.807) is 23.1 Å². The van der Waals surface area contributed by atoms with Crippen molar-refractivity contribution in [2.24, 2.45) is 0 Å². The van der Waals surface area contributed by atoms with E-state index in [1.807, 2.05) is 6.07 Å². The van der Waals surface area contributed by atoms with E-state index in [0.29, 0.717) is 29.2 Å². The lowest BCUT2D eigenvalue weighted by Crippen LogP contribution is -2.25. The molecule has 1 fully saturated rings. The molecule has 1 aliphatic rings. The summed E-state index contributed by atoms with van der Waals surface area (Å²) >= 11 is 7.05. The van der Waals surface area contributed by atoms with E-state index in [0.717, 1.165) is 0 Å². The summed E-state index contributed by atoms with van der Waals surface area (Å²) in [6.07, 6.45) is 0.342. The van der Waals surface area contributed by atoms with Crippen LogP contribution in [0.4, 0.5) is 5.69 Å². The summed E-state index contributed by atoms with van der Waals surface area (Å²) in [5.41, 5.74) is 0.993. The average molecular weight is 295 g/mol. The van der Waals surface area contributed by atoms with Gasteiger partial charge in [0.05, 0.1) is 10.6 Å². The number of benzene rings is 1. The molecule has 4 nitrogen and oxygen atoms in total. The van der Waals surface area contributed by atoms with Gasteiger partial charge in [-0.05, 0) is 18.2 Å². The Hall–Kier alpha value is -1.51. The van der Waals surface area contributed by atoms with E-state index in [4.69, 9.17) is 16.9 Å². The van der Waals surface area contributed by atoms with Crippen molar-refractivity contribution in [1.82, 2.24) is 0 Å². The molecule has 1 saturated heterocycles. The van der Waals surface area contributed by atoms with Gasteiger partial charge in [-0.1, -0.05) is 23.4 Å². The Labute approximate surface area is 120 Å². The Balaban J connectivity index is 2.21. The van der Waals surface area contributed by atoms with Gasteiger partial charge in [0.2, 0.25) is 5.91 Å². The summed E-state index contributed by atoms with van der Waals surface area (Å²) in [6.45, 7) is 1.98. The molecule has 6 heteroatoms. The van der Waals surface area contributed by atoms with Gasteiger partial charge in [-0.25, -0.2) is 0 Å². The lowest BCUT2D eigenvalue weighted by atomic mass is 10.2. The summed E-state index contributed by atoms with van der Waals surface area (Å²) in [7, 11) is 0. The number of hydrogen-bond donors (Lipinski definition) is 0. The van der Waals surface area contributed by atoms with Crippen molar-refractivity contribution in [3.05, 3.63) is 28.8 Å². The maximum absolute atomic E-state index is 11.9. The van der Waals surface area contributed by atoms with E-state index in [1.165, 1.54) is 18.7 Å². The van der Waals surface area contributed by atoms with Crippen molar-refractivity contribution in [1.29, 1.82) is 5.26 Å². The predicted octanol–water partition coefficient (Wildman–Crippen LogP) is 2.60. The number of carbonyl (C=O) groups is 2. The first-order valence-electron chi connectivity index (χ1n) is 5.68. The van der Waals surface area contributed by atoms with E-state index in [-0.39, 0.29) is 16.3 Å². The van der Waals surface area contributed by atoms with Crippen molar-refractivity contribution < 1.29 is 9.59 Å². The first kappa shape index (κ1) is 13.9. The van der Waals surface area contributed by atoms with Gasteiger partial charge in [-0.3, -0.25) is 9.59 Å². The number of rotatable bonds is 2. The zero-order valence-corrected chi connectivity index (χ0v) is 11.8. The molecule has 1 aromatic carbocycles. The molecule has 1 atom stereocenters. The highest BCUT2D eigenvalue weighted by Crippen LogP contribution is 2.30. The van der Waals surface area contributed by atoms with E-state index in [9.17, 15) is 9.59 Å². The fourth-order valence-electron chi connectivity index (χ4n) is 2.00. The highest BCUT2D eigenvalue weighted by Gasteiger charge is 2.32. The van der Waals surface area contributed by atoms with Gasteiger partial charge >= 0.3 is 0 Å². The summed E-state index contributed by atoms with van der Waals surface area (Å²) in [5, 5.41) is 9.29. The monoisotopic (exact) mass is 294 g/mol. The van der Waals surface area contributed by atoms with Gasteiger partial charge in [0.25, 0.3) is 0 Å². The fraction of sp³-hybridized carbons (Fsp3) is 0.308. The molecule has 0 bridgehead atoms. The van der Waals surface area contributed by atoms with Crippen LogP contribution in [0.3, 0.4) is 0 Å². The Morgan fingerprint density at radius 2 is 2.32 bits per heavy atom. The van der Waals surface area contributed by atoms with Crippen LogP contribution in [0.1, 0.15) is 18.9 Å². The number of carbonyl (C=O) groups excluding carboxylic acids is 2. The minimum absolute atomic E-state index is 0.00784. The molecule has 1 unspecified atom stereocenters. The number of anilines is 1. The number of thioether (sulfide) groups is 1. The first-order valence-corrected chi connectivity index (χ1v) is 6.94. The molecule has 2 rings (SSSR count). The molecule has 1 amide bonds. The lowest BCUT2D eigenvalue weighted by Gasteiger charge is -2.16. The molecule has 1 heterocycles. The number of hydrogen-bond acceptors (Lipinski definition) is 4. The van der Waals surface area contributed by atoms with Crippen LogP contribution in [0, 0.1) is 11.3 Å². The highest BCUT2D eigenvalue weighted by molar-refractivity contribution is 8.14. The van der Waals surface area contributed by atoms with Crippen molar-refractivity contribution >= 4 is 40.1 Å². The second-order valence-corrected chi connectivity index (χ2v) is 6.10. The molecule has 0 aromatic heterocycles. The van der Waals surface area contributed by atoms with Crippen LogP contribution in [0.5, 0.6) is 0 Å². The minimum atomic E-state index is -0.0371. The molecule has 19 heavy (non-hydrogen) atoms. The maximum atomic E-state index is 11.9. The van der Waals surface area contributed by atoms with Crippen LogP contribution < -0.4 is 4.90 Å². The van der Waals surface area contributed by atoms with Gasteiger partial charge < -0.3 is 4.90 Å². The normalized spacial score (nSPS) is 18.5. The molecule has 0 spiro atoms. The van der Waals surface area contributed by atoms with Crippen molar-refractivity contribution in [2.45, 2.75) is 18.6 Å². The molecule has 1 aliphatic heterocycles. The largest absolute Gasteiger partial charge is 0.311 e. The summed E-state index contributed by atoms with van der Waals surface area (Å²) in [5.74, 6) is -0.0371. The molecule has 0 saturated carbocycles. The molecule has 1 aromatic rings. The minimum Gasteiger partial charge on any atom is -0.311 e. The fourth-order valence-corrected chi connectivity index (χ4v) is 3.08. The number of nitrogens with zero attached hydrogens (tertiary/aromatic N) is 2. The van der Waals surface area contributed by atoms with Crippen LogP contribution in [-0.4, -0.2) is 22.8 Å². The standard InChI is InChI=1S/C13H11ClN2O2S/c1-8(17)19-11-5-13(18)16(7-11)10-2-3-12(14)9(4-10)6-15/h2-4,11H,5,7H2,1H3. The second kappa shape index (κ2) is 5.64. The van der Waals surface area contributed by atoms with Crippen LogP contribution in [-0.2, 0) is 9.59 Å². The van der Waals surface area contributed by atoms with Crippen molar-refractivity contribution in [2.75, 3.05) is 11.4 Å². The van der Waals surface area contributed by atoms with Crippen LogP contribution in [0.15, 0.2) is 18.2 Å². The number of amides is 1. The summed E-state index contributed by atoms with van der Waals surface area (Å²) in [4.78, 5) is 24.6.